The predicted molar refractivity (Wildman–Crippen MR) is 69.9 cm³/mol. The summed E-state index contributed by atoms with van der Waals surface area (Å²) in [5.41, 5.74) is 0. The van der Waals surface area contributed by atoms with E-state index in [0.29, 0.717) is 12.0 Å². The lowest BCUT2D eigenvalue weighted by Crippen LogP contribution is -2.35. The van der Waals surface area contributed by atoms with Gasteiger partial charge in [0.15, 0.2) is 0 Å². The van der Waals surface area contributed by atoms with Crippen LogP contribution >= 0.6 is 12.4 Å². The predicted octanol–water partition coefficient (Wildman–Crippen LogP) is 1.96. The number of carbonyl (C=O) groups is 1. The highest BCUT2D eigenvalue weighted by Crippen LogP contribution is 2.10. The highest BCUT2D eigenvalue weighted by Gasteiger charge is 2.17. The zero-order chi connectivity index (χ0) is 11.3. The Morgan fingerprint density at radius 2 is 2.12 bits per heavy atom. The van der Waals surface area contributed by atoms with Crippen LogP contribution < -0.4 is 10.6 Å². The molecule has 2 N–H and O–H groups in total. The van der Waals surface area contributed by atoms with Crippen LogP contribution in [0.15, 0.2) is 0 Å². The third-order valence-corrected chi connectivity index (χ3v) is 3.37. The zero-order valence-corrected chi connectivity index (χ0v) is 11.4. The molecule has 1 heterocycles. The molecule has 0 aromatic rings. The third kappa shape index (κ3) is 5.17. The quantitative estimate of drug-likeness (QED) is 0.781. The molecule has 1 fully saturated rings. The summed E-state index contributed by atoms with van der Waals surface area (Å²) in [6.07, 6.45) is 3.60. The van der Waals surface area contributed by atoms with Gasteiger partial charge in [0.25, 0.3) is 0 Å². The van der Waals surface area contributed by atoms with E-state index in [2.05, 4.69) is 24.5 Å². The SMILES string of the molecule is CC(C)C(C)C(=O)NCC[C@H]1CCCN1.Cl. The molecular weight excluding hydrogens is 224 g/mol. The van der Waals surface area contributed by atoms with Crippen LogP contribution in [0, 0.1) is 11.8 Å². The van der Waals surface area contributed by atoms with Gasteiger partial charge in [-0.25, -0.2) is 0 Å². The Morgan fingerprint density at radius 3 is 2.62 bits per heavy atom. The molecule has 1 aliphatic heterocycles. The molecular formula is C12H25ClN2O. The van der Waals surface area contributed by atoms with Gasteiger partial charge in [0.2, 0.25) is 5.91 Å². The maximum Gasteiger partial charge on any atom is 0.223 e. The number of carbonyl (C=O) groups excluding carboxylic acids is 1. The second kappa shape index (κ2) is 7.91. The van der Waals surface area contributed by atoms with Gasteiger partial charge in [0.1, 0.15) is 0 Å². The van der Waals surface area contributed by atoms with Gasteiger partial charge in [-0.1, -0.05) is 20.8 Å². The van der Waals surface area contributed by atoms with E-state index in [0.717, 1.165) is 19.5 Å². The molecule has 3 nitrogen and oxygen atoms in total. The minimum atomic E-state index is 0. The summed E-state index contributed by atoms with van der Waals surface area (Å²) < 4.78 is 0. The van der Waals surface area contributed by atoms with Crippen LogP contribution in [0.5, 0.6) is 0 Å². The fraction of sp³-hybridized carbons (Fsp3) is 0.917. The third-order valence-electron chi connectivity index (χ3n) is 3.37. The monoisotopic (exact) mass is 248 g/mol. The molecule has 1 aliphatic rings. The Labute approximate surface area is 105 Å². The van der Waals surface area contributed by atoms with E-state index in [1.54, 1.807) is 0 Å². The van der Waals surface area contributed by atoms with Crippen molar-refractivity contribution in [2.45, 2.75) is 46.1 Å². The molecule has 0 aromatic heterocycles. The largest absolute Gasteiger partial charge is 0.356 e. The minimum Gasteiger partial charge on any atom is -0.356 e. The van der Waals surface area contributed by atoms with Crippen LogP contribution in [0.3, 0.4) is 0 Å². The van der Waals surface area contributed by atoms with Crippen molar-refractivity contribution >= 4 is 18.3 Å². The first kappa shape index (κ1) is 15.7. The fourth-order valence-corrected chi connectivity index (χ4v) is 1.84. The molecule has 0 radical (unpaired) electrons. The van der Waals surface area contributed by atoms with Gasteiger partial charge in [-0.2, -0.15) is 0 Å². The Bertz CT molecular complexity index is 203. The minimum absolute atomic E-state index is 0. The van der Waals surface area contributed by atoms with E-state index < -0.39 is 0 Å². The molecule has 0 aromatic carbocycles. The molecule has 2 atom stereocenters. The van der Waals surface area contributed by atoms with E-state index in [-0.39, 0.29) is 24.2 Å². The van der Waals surface area contributed by atoms with E-state index in [1.807, 2.05) is 6.92 Å². The average molecular weight is 249 g/mol. The summed E-state index contributed by atoms with van der Waals surface area (Å²) in [6, 6.07) is 0.625. The molecule has 16 heavy (non-hydrogen) atoms. The van der Waals surface area contributed by atoms with Crippen LogP contribution in [-0.4, -0.2) is 25.0 Å². The van der Waals surface area contributed by atoms with Gasteiger partial charge < -0.3 is 10.6 Å². The lowest BCUT2D eigenvalue weighted by Gasteiger charge is -2.16. The Hall–Kier alpha value is -0.280. The second-order valence-corrected chi connectivity index (χ2v) is 4.91. The van der Waals surface area contributed by atoms with Gasteiger partial charge in [-0.15, -0.1) is 12.4 Å². The molecule has 1 saturated heterocycles. The Morgan fingerprint density at radius 1 is 1.44 bits per heavy atom. The number of hydrogen-bond acceptors (Lipinski definition) is 2. The molecule has 4 heteroatoms. The fourth-order valence-electron chi connectivity index (χ4n) is 1.84. The standard InChI is InChI=1S/C12H24N2O.ClH/c1-9(2)10(3)12(15)14-8-6-11-5-4-7-13-11;/h9-11,13H,4-8H2,1-3H3,(H,14,15);1H/t10?,11-;/m1./s1. The molecule has 96 valence electrons. The summed E-state index contributed by atoms with van der Waals surface area (Å²) in [5.74, 6) is 0.749. The first-order chi connectivity index (χ1) is 7.11. The normalized spacial score (nSPS) is 21.6. The summed E-state index contributed by atoms with van der Waals surface area (Å²) >= 11 is 0. The number of halogens is 1. The smallest absolute Gasteiger partial charge is 0.223 e. The van der Waals surface area contributed by atoms with Crippen molar-refractivity contribution < 1.29 is 4.79 Å². The van der Waals surface area contributed by atoms with E-state index in [9.17, 15) is 4.79 Å². The van der Waals surface area contributed by atoms with Crippen molar-refractivity contribution in [2.24, 2.45) is 11.8 Å². The second-order valence-electron chi connectivity index (χ2n) is 4.91. The molecule has 0 saturated carbocycles. The number of rotatable bonds is 5. The van der Waals surface area contributed by atoms with Gasteiger partial charge in [-0.05, 0) is 31.7 Å². The van der Waals surface area contributed by atoms with Crippen LogP contribution in [0.2, 0.25) is 0 Å². The van der Waals surface area contributed by atoms with Crippen LogP contribution in [0.25, 0.3) is 0 Å². The first-order valence-corrected chi connectivity index (χ1v) is 6.12. The Balaban J connectivity index is 0.00000225. The maximum atomic E-state index is 11.6. The van der Waals surface area contributed by atoms with E-state index in [4.69, 9.17) is 0 Å². The van der Waals surface area contributed by atoms with Crippen molar-refractivity contribution in [1.82, 2.24) is 10.6 Å². The zero-order valence-electron chi connectivity index (χ0n) is 10.6. The molecule has 0 spiro atoms. The van der Waals surface area contributed by atoms with Gasteiger partial charge in [0, 0.05) is 18.5 Å². The van der Waals surface area contributed by atoms with Gasteiger partial charge >= 0.3 is 0 Å². The van der Waals surface area contributed by atoms with Crippen molar-refractivity contribution in [3.8, 4) is 0 Å². The molecule has 0 bridgehead atoms. The summed E-state index contributed by atoms with van der Waals surface area (Å²) in [6.45, 7) is 8.12. The van der Waals surface area contributed by atoms with Crippen molar-refractivity contribution in [3.63, 3.8) is 0 Å². The number of amides is 1. The summed E-state index contributed by atoms with van der Waals surface area (Å²) in [4.78, 5) is 11.6. The van der Waals surface area contributed by atoms with Gasteiger partial charge in [-0.3, -0.25) is 4.79 Å². The van der Waals surface area contributed by atoms with Gasteiger partial charge in [0.05, 0.1) is 0 Å². The first-order valence-electron chi connectivity index (χ1n) is 6.12. The highest BCUT2D eigenvalue weighted by atomic mass is 35.5. The Kier molecular flexibility index (Phi) is 7.77. The van der Waals surface area contributed by atoms with Crippen molar-refractivity contribution in [2.75, 3.05) is 13.1 Å². The molecule has 1 amide bonds. The average Bonchev–Trinajstić information content (AvgIpc) is 2.69. The lowest BCUT2D eigenvalue weighted by atomic mass is 9.97. The van der Waals surface area contributed by atoms with Crippen molar-refractivity contribution in [1.29, 1.82) is 0 Å². The van der Waals surface area contributed by atoms with Crippen LogP contribution in [0.4, 0.5) is 0 Å². The molecule has 1 unspecified atom stereocenters. The molecule has 1 rings (SSSR count). The topological polar surface area (TPSA) is 41.1 Å². The maximum absolute atomic E-state index is 11.6. The summed E-state index contributed by atoms with van der Waals surface area (Å²) in [7, 11) is 0. The van der Waals surface area contributed by atoms with E-state index in [1.165, 1.54) is 12.8 Å². The van der Waals surface area contributed by atoms with Crippen LogP contribution in [-0.2, 0) is 4.79 Å². The highest BCUT2D eigenvalue weighted by molar-refractivity contribution is 5.85. The number of nitrogens with one attached hydrogen (secondary N) is 2. The molecule has 0 aliphatic carbocycles. The van der Waals surface area contributed by atoms with Crippen molar-refractivity contribution in [3.05, 3.63) is 0 Å². The van der Waals surface area contributed by atoms with Crippen LogP contribution in [0.1, 0.15) is 40.0 Å². The van der Waals surface area contributed by atoms with E-state index >= 15 is 0 Å². The summed E-state index contributed by atoms with van der Waals surface area (Å²) in [5, 5.41) is 6.44. The number of hydrogen-bond donors (Lipinski definition) is 2. The lowest BCUT2D eigenvalue weighted by molar-refractivity contribution is -0.125.